The summed E-state index contributed by atoms with van der Waals surface area (Å²) < 4.78 is 10.6. The van der Waals surface area contributed by atoms with Crippen LogP contribution in [0.25, 0.3) is 0 Å². The third-order valence-electron chi connectivity index (χ3n) is 3.77. The maximum absolute atomic E-state index is 11.3. The second-order valence-electron chi connectivity index (χ2n) is 5.14. The van der Waals surface area contributed by atoms with Crippen molar-refractivity contribution < 1.29 is 14.3 Å². The van der Waals surface area contributed by atoms with Gasteiger partial charge in [-0.25, -0.2) is 0 Å². The molecule has 0 radical (unpaired) electrons. The molecule has 1 aromatic rings. The largest absolute Gasteiger partial charge is 0.492 e. The zero-order valence-electron chi connectivity index (χ0n) is 12.1. The van der Waals surface area contributed by atoms with Crippen molar-refractivity contribution in [3.63, 3.8) is 0 Å². The summed E-state index contributed by atoms with van der Waals surface area (Å²) in [6, 6.07) is 10.3. The molecule has 110 valence electrons. The Bertz CT molecular complexity index is 407. The molecule has 0 saturated carbocycles. The van der Waals surface area contributed by atoms with Crippen molar-refractivity contribution in [3.05, 3.63) is 30.3 Å². The maximum atomic E-state index is 11.3. The molecule has 20 heavy (non-hydrogen) atoms. The number of nitrogens with zero attached hydrogens (tertiary/aromatic N) is 1. The lowest BCUT2D eigenvalue weighted by molar-refractivity contribution is -0.141. The molecule has 0 aliphatic carbocycles. The first kappa shape index (κ1) is 14.9. The van der Waals surface area contributed by atoms with Gasteiger partial charge in [0.05, 0.1) is 13.5 Å². The molecule has 4 heteroatoms. The second kappa shape index (κ2) is 7.90. The highest BCUT2D eigenvalue weighted by molar-refractivity contribution is 5.69. The van der Waals surface area contributed by atoms with Crippen molar-refractivity contribution in [2.45, 2.75) is 31.7 Å². The van der Waals surface area contributed by atoms with E-state index in [2.05, 4.69) is 4.90 Å². The molecule has 2 rings (SSSR count). The summed E-state index contributed by atoms with van der Waals surface area (Å²) in [6.45, 7) is 2.49. The maximum Gasteiger partial charge on any atom is 0.306 e. The van der Waals surface area contributed by atoms with Crippen LogP contribution in [-0.2, 0) is 9.53 Å². The second-order valence-corrected chi connectivity index (χ2v) is 5.14. The van der Waals surface area contributed by atoms with Crippen LogP contribution < -0.4 is 4.74 Å². The number of esters is 1. The van der Waals surface area contributed by atoms with Crippen molar-refractivity contribution in [3.8, 4) is 5.75 Å². The number of rotatable bonds is 6. The number of likely N-dealkylation sites (tertiary alicyclic amines) is 1. The normalized spacial score (nSPS) is 19.6. The van der Waals surface area contributed by atoms with E-state index in [4.69, 9.17) is 9.47 Å². The molecule has 1 saturated heterocycles. The van der Waals surface area contributed by atoms with Crippen LogP contribution in [0.2, 0.25) is 0 Å². The SMILES string of the molecule is COC(=O)CCN1CCCC[C@H]1COc1ccccc1. The summed E-state index contributed by atoms with van der Waals surface area (Å²) in [5.74, 6) is 0.768. The first-order valence-electron chi connectivity index (χ1n) is 7.28. The number of carbonyl (C=O) groups excluding carboxylic acids is 1. The molecule has 1 fully saturated rings. The van der Waals surface area contributed by atoms with Crippen LogP contribution in [0, 0.1) is 0 Å². The molecule has 0 amide bonds. The molecule has 1 aromatic carbocycles. The Labute approximate surface area is 120 Å². The van der Waals surface area contributed by atoms with E-state index in [1.54, 1.807) is 0 Å². The van der Waals surface area contributed by atoms with Gasteiger partial charge in [-0.05, 0) is 31.5 Å². The molecular formula is C16H23NO3. The molecule has 0 N–H and O–H groups in total. The van der Waals surface area contributed by atoms with Crippen LogP contribution in [0.4, 0.5) is 0 Å². The molecule has 1 atom stereocenters. The van der Waals surface area contributed by atoms with Gasteiger partial charge in [-0.3, -0.25) is 9.69 Å². The van der Waals surface area contributed by atoms with E-state index in [-0.39, 0.29) is 5.97 Å². The van der Waals surface area contributed by atoms with E-state index in [0.717, 1.165) is 25.3 Å². The van der Waals surface area contributed by atoms with Gasteiger partial charge in [0, 0.05) is 12.6 Å². The molecule has 1 aliphatic heterocycles. The molecular weight excluding hydrogens is 254 g/mol. The number of benzene rings is 1. The third kappa shape index (κ3) is 4.53. The number of piperidine rings is 1. The van der Waals surface area contributed by atoms with E-state index in [1.165, 1.54) is 20.0 Å². The van der Waals surface area contributed by atoms with Gasteiger partial charge in [0.15, 0.2) is 0 Å². The van der Waals surface area contributed by atoms with Crippen molar-refractivity contribution in [2.24, 2.45) is 0 Å². The van der Waals surface area contributed by atoms with Gasteiger partial charge in [-0.2, -0.15) is 0 Å². The highest BCUT2D eigenvalue weighted by Gasteiger charge is 2.23. The van der Waals surface area contributed by atoms with E-state index < -0.39 is 0 Å². The first-order valence-corrected chi connectivity index (χ1v) is 7.28. The average molecular weight is 277 g/mol. The summed E-state index contributed by atoms with van der Waals surface area (Å²) in [7, 11) is 1.44. The Hall–Kier alpha value is -1.55. The van der Waals surface area contributed by atoms with Gasteiger partial charge in [0.1, 0.15) is 12.4 Å². The Morgan fingerprint density at radius 3 is 2.85 bits per heavy atom. The minimum absolute atomic E-state index is 0.140. The first-order chi connectivity index (χ1) is 9.79. The van der Waals surface area contributed by atoms with Crippen LogP contribution in [0.5, 0.6) is 5.75 Å². The summed E-state index contributed by atoms with van der Waals surface area (Å²) in [5.41, 5.74) is 0. The van der Waals surface area contributed by atoms with Gasteiger partial charge < -0.3 is 9.47 Å². The van der Waals surface area contributed by atoms with Gasteiger partial charge >= 0.3 is 5.97 Å². The van der Waals surface area contributed by atoms with E-state index in [1.807, 2.05) is 30.3 Å². The van der Waals surface area contributed by atoms with Crippen molar-refractivity contribution >= 4 is 5.97 Å². The summed E-state index contributed by atoms with van der Waals surface area (Å²) in [5, 5.41) is 0. The van der Waals surface area contributed by atoms with Crippen molar-refractivity contribution in [2.75, 3.05) is 26.8 Å². The topological polar surface area (TPSA) is 38.8 Å². The lowest BCUT2D eigenvalue weighted by Gasteiger charge is -2.35. The number of para-hydroxylation sites is 1. The number of carbonyl (C=O) groups is 1. The monoisotopic (exact) mass is 277 g/mol. The molecule has 1 heterocycles. The predicted molar refractivity (Wildman–Crippen MR) is 77.8 cm³/mol. The van der Waals surface area contributed by atoms with Crippen LogP contribution in [0.3, 0.4) is 0 Å². The van der Waals surface area contributed by atoms with Gasteiger partial charge in [0.2, 0.25) is 0 Å². The molecule has 0 unspecified atom stereocenters. The third-order valence-corrected chi connectivity index (χ3v) is 3.77. The molecule has 0 bridgehead atoms. The molecule has 4 nitrogen and oxygen atoms in total. The Morgan fingerprint density at radius 1 is 1.30 bits per heavy atom. The van der Waals surface area contributed by atoms with Crippen LogP contribution in [-0.4, -0.2) is 43.7 Å². The summed E-state index contributed by atoms with van der Waals surface area (Å²) >= 11 is 0. The van der Waals surface area contributed by atoms with Crippen LogP contribution in [0.1, 0.15) is 25.7 Å². The van der Waals surface area contributed by atoms with Crippen molar-refractivity contribution in [1.82, 2.24) is 4.90 Å². The van der Waals surface area contributed by atoms with E-state index in [9.17, 15) is 4.79 Å². The van der Waals surface area contributed by atoms with E-state index in [0.29, 0.717) is 19.1 Å². The van der Waals surface area contributed by atoms with Crippen molar-refractivity contribution in [1.29, 1.82) is 0 Å². The lowest BCUT2D eigenvalue weighted by atomic mass is 10.0. The fourth-order valence-corrected chi connectivity index (χ4v) is 2.59. The summed E-state index contributed by atoms with van der Waals surface area (Å²) in [4.78, 5) is 13.6. The fraction of sp³-hybridized carbons (Fsp3) is 0.562. The average Bonchev–Trinajstić information content (AvgIpc) is 2.52. The zero-order valence-corrected chi connectivity index (χ0v) is 12.1. The smallest absolute Gasteiger partial charge is 0.306 e. The minimum atomic E-state index is -0.140. The lowest BCUT2D eigenvalue weighted by Crippen LogP contribution is -2.44. The number of hydrogen-bond acceptors (Lipinski definition) is 4. The zero-order chi connectivity index (χ0) is 14.2. The highest BCUT2D eigenvalue weighted by atomic mass is 16.5. The predicted octanol–water partition coefficient (Wildman–Crippen LogP) is 2.48. The minimum Gasteiger partial charge on any atom is -0.492 e. The standard InChI is InChI=1S/C16H23NO3/c1-19-16(18)10-12-17-11-6-5-7-14(17)13-20-15-8-3-2-4-9-15/h2-4,8-9,14H,5-7,10-13H2,1H3/t14-/m0/s1. The van der Waals surface area contributed by atoms with E-state index >= 15 is 0 Å². The number of methoxy groups -OCH3 is 1. The Morgan fingerprint density at radius 2 is 2.10 bits per heavy atom. The van der Waals surface area contributed by atoms with Gasteiger partial charge in [-0.1, -0.05) is 24.6 Å². The summed E-state index contributed by atoms with van der Waals surface area (Å²) in [6.07, 6.45) is 4.02. The Balaban J connectivity index is 1.82. The molecule has 0 spiro atoms. The number of ether oxygens (including phenoxy) is 2. The van der Waals surface area contributed by atoms with Crippen LogP contribution in [0.15, 0.2) is 30.3 Å². The van der Waals surface area contributed by atoms with Crippen LogP contribution >= 0.6 is 0 Å². The highest BCUT2D eigenvalue weighted by Crippen LogP contribution is 2.19. The quantitative estimate of drug-likeness (QED) is 0.749. The molecule has 0 aromatic heterocycles. The number of hydrogen-bond donors (Lipinski definition) is 0. The Kier molecular flexibility index (Phi) is 5.87. The van der Waals surface area contributed by atoms with Gasteiger partial charge in [0.25, 0.3) is 0 Å². The van der Waals surface area contributed by atoms with Gasteiger partial charge in [-0.15, -0.1) is 0 Å². The molecule has 1 aliphatic rings. The fourth-order valence-electron chi connectivity index (χ4n) is 2.59.